The molecule has 0 aliphatic heterocycles. The summed E-state index contributed by atoms with van der Waals surface area (Å²) in [5.74, 6) is 0. The van der Waals surface area contributed by atoms with Crippen LogP contribution in [0.2, 0.25) is 0 Å². The third-order valence-corrected chi connectivity index (χ3v) is 3.27. The second-order valence-electron chi connectivity index (χ2n) is 4.02. The second-order valence-corrected chi connectivity index (χ2v) is 4.02. The SMILES string of the molecule is CCc1c(C)c(C)c(N=C=O)c(N=C=O)c1CC. The first kappa shape index (κ1) is 14.0. The number of aliphatic imine (C=N–C) groups is 2. The normalized spacial score (nSPS) is 9.56. The molecule has 1 aromatic carbocycles. The number of rotatable bonds is 4. The van der Waals surface area contributed by atoms with Gasteiger partial charge in [-0.3, -0.25) is 0 Å². The highest BCUT2D eigenvalue weighted by atomic mass is 16.1. The summed E-state index contributed by atoms with van der Waals surface area (Å²) in [7, 11) is 0. The van der Waals surface area contributed by atoms with Gasteiger partial charge in [-0.15, -0.1) is 0 Å². The lowest BCUT2D eigenvalue weighted by molar-refractivity contribution is 0.564. The quantitative estimate of drug-likeness (QED) is 0.602. The lowest BCUT2D eigenvalue weighted by Crippen LogP contribution is -1.99. The van der Waals surface area contributed by atoms with Crippen LogP contribution in [0.1, 0.15) is 36.1 Å². The monoisotopic (exact) mass is 244 g/mol. The van der Waals surface area contributed by atoms with E-state index in [0.29, 0.717) is 11.4 Å². The molecule has 0 saturated heterocycles. The molecular formula is C14H16N2O2. The van der Waals surface area contributed by atoms with Crippen molar-refractivity contribution in [2.75, 3.05) is 0 Å². The average molecular weight is 244 g/mol. The van der Waals surface area contributed by atoms with Gasteiger partial charge in [0.25, 0.3) is 0 Å². The van der Waals surface area contributed by atoms with E-state index in [1.54, 1.807) is 6.08 Å². The molecule has 1 aromatic rings. The van der Waals surface area contributed by atoms with Gasteiger partial charge in [0.15, 0.2) is 0 Å². The van der Waals surface area contributed by atoms with Crippen LogP contribution in [-0.2, 0) is 22.4 Å². The Morgan fingerprint density at radius 3 is 1.78 bits per heavy atom. The Labute approximate surface area is 106 Å². The molecule has 0 aromatic heterocycles. The fourth-order valence-electron chi connectivity index (χ4n) is 2.30. The van der Waals surface area contributed by atoms with Crippen LogP contribution in [-0.4, -0.2) is 12.2 Å². The number of benzene rings is 1. The number of carbonyl (C=O) groups excluding carboxylic acids is 2. The molecule has 0 atom stereocenters. The van der Waals surface area contributed by atoms with E-state index in [2.05, 4.69) is 16.9 Å². The molecule has 0 fully saturated rings. The molecule has 18 heavy (non-hydrogen) atoms. The lowest BCUT2D eigenvalue weighted by atomic mass is 9.91. The average Bonchev–Trinajstić information content (AvgIpc) is 2.37. The van der Waals surface area contributed by atoms with Gasteiger partial charge in [-0.25, -0.2) is 9.59 Å². The maximum Gasteiger partial charge on any atom is 0.240 e. The predicted octanol–water partition coefficient (Wildman–Crippen LogP) is 3.36. The summed E-state index contributed by atoms with van der Waals surface area (Å²) in [6.07, 6.45) is 4.64. The number of hydrogen-bond donors (Lipinski definition) is 0. The largest absolute Gasteiger partial charge is 0.240 e. The van der Waals surface area contributed by atoms with Crippen molar-refractivity contribution in [3.63, 3.8) is 0 Å². The van der Waals surface area contributed by atoms with Crippen molar-refractivity contribution < 1.29 is 9.59 Å². The standard InChI is InChI=1S/C14H16N2O2/c1-5-11-9(3)10(4)13(15-7-17)14(16-8-18)12(11)6-2/h5-6H2,1-4H3. The molecule has 0 unspecified atom stereocenters. The minimum Gasteiger partial charge on any atom is -0.211 e. The number of hydrogen-bond acceptors (Lipinski definition) is 4. The Morgan fingerprint density at radius 1 is 0.833 bits per heavy atom. The van der Waals surface area contributed by atoms with E-state index < -0.39 is 0 Å². The summed E-state index contributed by atoms with van der Waals surface area (Å²) < 4.78 is 0. The molecule has 0 saturated carbocycles. The molecule has 0 aliphatic rings. The molecule has 0 spiro atoms. The summed E-state index contributed by atoms with van der Waals surface area (Å²) in [6.45, 7) is 7.90. The first-order valence-corrected chi connectivity index (χ1v) is 5.92. The molecular weight excluding hydrogens is 228 g/mol. The maximum absolute atomic E-state index is 10.6. The molecule has 4 heteroatoms. The highest BCUT2D eigenvalue weighted by molar-refractivity contribution is 5.77. The van der Waals surface area contributed by atoms with Gasteiger partial charge in [0.05, 0.1) is 0 Å². The van der Waals surface area contributed by atoms with Crippen molar-refractivity contribution in [3.8, 4) is 0 Å². The van der Waals surface area contributed by atoms with Gasteiger partial charge < -0.3 is 0 Å². The van der Waals surface area contributed by atoms with Gasteiger partial charge in [-0.2, -0.15) is 9.98 Å². The molecule has 0 amide bonds. The maximum atomic E-state index is 10.6. The third-order valence-electron chi connectivity index (χ3n) is 3.27. The van der Waals surface area contributed by atoms with Crippen LogP contribution >= 0.6 is 0 Å². The Balaban J connectivity index is 3.87. The van der Waals surface area contributed by atoms with Crippen LogP contribution in [0, 0.1) is 13.8 Å². The van der Waals surface area contributed by atoms with Crippen molar-refractivity contribution in [2.45, 2.75) is 40.5 Å². The summed E-state index contributed by atoms with van der Waals surface area (Å²) >= 11 is 0. The fourth-order valence-corrected chi connectivity index (χ4v) is 2.30. The van der Waals surface area contributed by atoms with Gasteiger partial charge in [0, 0.05) is 0 Å². The molecule has 0 heterocycles. The van der Waals surface area contributed by atoms with Crippen LogP contribution in [0.4, 0.5) is 11.4 Å². The fraction of sp³-hybridized carbons (Fsp3) is 0.429. The summed E-state index contributed by atoms with van der Waals surface area (Å²) in [6, 6.07) is 0. The smallest absolute Gasteiger partial charge is 0.211 e. The summed E-state index contributed by atoms with van der Waals surface area (Å²) in [4.78, 5) is 28.5. The van der Waals surface area contributed by atoms with E-state index in [4.69, 9.17) is 0 Å². The van der Waals surface area contributed by atoms with E-state index in [-0.39, 0.29) is 0 Å². The van der Waals surface area contributed by atoms with Crippen molar-refractivity contribution in [2.24, 2.45) is 9.98 Å². The Bertz CT molecular complexity index is 564. The summed E-state index contributed by atoms with van der Waals surface area (Å²) in [5, 5.41) is 0. The topological polar surface area (TPSA) is 58.9 Å². The number of isocyanates is 2. The number of nitrogens with zero attached hydrogens (tertiary/aromatic N) is 2. The molecule has 1 rings (SSSR count). The minimum atomic E-state index is 0.430. The van der Waals surface area contributed by atoms with Crippen LogP contribution in [0.3, 0.4) is 0 Å². The van der Waals surface area contributed by atoms with Gasteiger partial charge in [0.1, 0.15) is 11.4 Å². The van der Waals surface area contributed by atoms with E-state index in [9.17, 15) is 9.59 Å². The molecule has 0 N–H and O–H groups in total. The highest BCUT2D eigenvalue weighted by Gasteiger charge is 2.17. The Kier molecular flexibility index (Phi) is 4.73. The van der Waals surface area contributed by atoms with Gasteiger partial charge >= 0.3 is 0 Å². The van der Waals surface area contributed by atoms with Crippen molar-refractivity contribution in [1.29, 1.82) is 0 Å². The van der Waals surface area contributed by atoms with Crippen LogP contribution in [0.25, 0.3) is 0 Å². The van der Waals surface area contributed by atoms with E-state index in [1.807, 2.05) is 20.8 Å². The molecule has 0 aliphatic carbocycles. The minimum absolute atomic E-state index is 0.430. The van der Waals surface area contributed by atoms with Crippen molar-refractivity contribution in [3.05, 3.63) is 22.3 Å². The van der Waals surface area contributed by atoms with Gasteiger partial charge in [0.2, 0.25) is 12.2 Å². The molecule has 94 valence electrons. The van der Waals surface area contributed by atoms with Crippen LogP contribution < -0.4 is 0 Å². The first-order valence-electron chi connectivity index (χ1n) is 5.92. The second kappa shape index (κ2) is 6.06. The first-order chi connectivity index (χ1) is 8.62. The van der Waals surface area contributed by atoms with E-state index in [0.717, 1.165) is 35.1 Å². The predicted molar refractivity (Wildman–Crippen MR) is 70.2 cm³/mol. The molecule has 0 radical (unpaired) electrons. The van der Waals surface area contributed by atoms with Gasteiger partial charge in [-0.1, -0.05) is 13.8 Å². The third kappa shape index (κ3) is 2.30. The Hall–Kier alpha value is -2.02. The lowest BCUT2D eigenvalue weighted by Gasteiger charge is -2.17. The molecule has 0 bridgehead atoms. The van der Waals surface area contributed by atoms with E-state index in [1.165, 1.54) is 6.08 Å². The van der Waals surface area contributed by atoms with Crippen LogP contribution in [0.15, 0.2) is 9.98 Å². The zero-order valence-corrected chi connectivity index (χ0v) is 11.1. The summed E-state index contributed by atoms with van der Waals surface area (Å²) in [5.41, 5.74) is 4.96. The zero-order valence-electron chi connectivity index (χ0n) is 11.1. The van der Waals surface area contributed by atoms with Crippen molar-refractivity contribution in [1.82, 2.24) is 0 Å². The highest BCUT2D eigenvalue weighted by Crippen LogP contribution is 2.40. The van der Waals surface area contributed by atoms with Gasteiger partial charge in [-0.05, 0) is 48.9 Å². The Morgan fingerprint density at radius 2 is 1.33 bits per heavy atom. The van der Waals surface area contributed by atoms with E-state index >= 15 is 0 Å². The van der Waals surface area contributed by atoms with Crippen molar-refractivity contribution >= 4 is 23.5 Å². The zero-order chi connectivity index (χ0) is 13.7. The van der Waals surface area contributed by atoms with Crippen LogP contribution in [0.5, 0.6) is 0 Å². The molecule has 4 nitrogen and oxygen atoms in total.